The lowest BCUT2D eigenvalue weighted by atomic mass is 9.93. The molecule has 162 valence electrons. The lowest BCUT2D eigenvalue weighted by molar-refractivity contribution is 0.459. The summed E-state index contributed by atoms with van der Waals surface area (Å²) in [7, 11) is 0. The number of nitriles is 1. The monoisotopic (exact) mass is 444 g/mol. The topological polar surface area (TPSA) is 97.8 Å². The SMILES string of the molecule is CC(C)(C)[S+]([O-])NC(Cc1ncccc1C#N)c1ccccc1-c1noc2ccccc12. The zero-order valence-electron chi connectivity index (χ0n) is 18.2. The second kappa shape index (κ2) is 9.13. The van der Waals surface area contributed by atoms with Gasteiger partial charge < -0.3 is 9.08 Å². The summed E-state index contributed by atoms with van der Waals surface area (Å²) in [5, 5.41) is 14.8. The van der Waals surface area contributed by atoms with Crippen molar-refractivity contribution < 1.29 is 9.08 Å². The lowest BCUT2D eigenvalue weighted by Crippen LogP contribution is -2.42. The minimum atomic E-state index is -1.34. The van der Waals surface area contributed by atoms with E-state index >= 15 is 0 Å². The average molecular weight is 445 g/mol. The van der Waals surface area contributed by atoms with Crippen molar-refractivity contribution in [2.24, 2.45) is 0 Å². The van der Waals surface area contributed by atoms with Crippen LogP contribution < -0.4 is 4.72 Å². The van der Waals surface area contributed by atoms with Crippen molar-refractivity contribution in [3.05, 3.63) is 83.7 Å². The van der Waals surface area contributed by atoms with Crippen LogP contribution in [0.4, 0.5) is 0 Å². The van der Waals surface area contributed by atoms with Crippen molar-refractivity contribution in [1.29, 1.82) is 5.26 Å². The summed E-state index contributed by atoms with van der Waals surface area (Å²) in [5.41, 5.74) is 4.39. The Kier molecular flexibility index (Phi) is 6.28. The standard InChI is InChI=1S/C25H24N4O2S/c1-25(2,3)32(30)29-22(15-21-17(16-26)9-8-14-27-21)18-10-4-5-11-19(18)24-20-12-6-7-13-23(20)31-28-24/h4-14,22,29H,15H2,1-3H3. The van der Waals surface area contributed by atoms with Gasteiger partial charge in [-0.15, -0.1) is 4.72 Å². The van der Waals surface area contributed by atoms with Crippen molar-refractivity contribution in [2.75, 3.05) is 0 Å². The summed E-state index contributed by atoms with van der Waals surface area (Å²) < 4.78 is 21.5. The molecule has 4 aromatic rings. The summed E-state index contributed by atoms with van der Waals surface area (Å²) in [4.78, 5) is 4.43. The van der Waals surface area contributed by atoms with Crippen LogP contribution in [0.2, 0.25) is 0 Å². The van der Waals surface area contributed by atoms with Crippen molar-refractivity contribution in [1.82, 2.24) is 14.9 Å². The predicted octanol–water partition coefficient (Wildman–Crippen LogP) is 5.10. The molecule has 2 aromatic carbocycles. The fourth-order valence-corrected chi connectivity index (χ4v) is 4.34. The smallest absolute Gasteiger partial charge is 0.167 e. The molecule has 0 spiro atoms. The van der Waals surface area contributed by atoms with Gasteiger partial charge in [0.2, 0.25) is 0 Å². The van der Waals surface area contributed by atoms with Gasteiger partial charge in [-0.25, -0.2) is 0 Å². The maximum atomic E-state index is 13.1. The van der Waals surface area contributed by atoms with Crippen LogP contribution in [0, 0.1) is 11.3 Å². The molecule has 0 saturated heterocycles. The molecule has 6 nitrogen and oxygen atoms in total. The van der Waals surface area contributed by atoms with Crippen LogP contribution in [0.15, 0.2) is 71.4 Å². The number of nitrogens with one attached hydrogen (secondary N) is 1. The lowest BCUT2D eigenvalue weighted by Gasteiger charge is -2.29. The van der Waals surface area contributed by atoms with Gasteiger partial charge in [-0.1, -0.05) is 41.6 Å². The van der Waals surface area contributed by atoms with Crippen molar-refractivity contribution in [3.8, 4) is 17.3 Å². The van der Waals surface area contributed by atoms with E-state index in [1.54, 1.807) is 18.3 Å². The molecule has 0 aliphatic heterocycles. The number of rotatable bonds is 6. The van der Waals surface area contributed by atoms with Crippen LogP contribution in [0.3, 0.4) is 0 Å². The van der Waals surface area contributed by atoms with Gasteiger partial charge in [-0.05, 0) is 50.6 Å². The third-order valence-electron chi connectivity index (χ3n) is 5.18. The molecule has 7 heteroatoms. The molecule has 2 aromatic heterocycles. The van der Waals surface area contributed by atoms with E-state index in [-0.39, 0.29) is 6.04 Å². The average Bonchev–Trinajstić information content (AvgIpc) is 3.22. The Morgan fingerprint density at radius 1 is 1.09 bits per heavy atom. The number of aromatic nitrogens is 2. The number of hydrogen-bond donors (Lipinski definition) is 1. The number of pyridine rings is 1. The van der Waals surface area contributed by atoms with Crippen LogP contribution in [-0.2, 0) is 17.8 Å². The molecule has 0 fully saturated rings. The summed E-state index contributed by atoms with van der Waals surface area (Å²) in [6.07, 6.45) is 2.07. The van der Waals surface area contributed by atoms with Crippen LogP contribution in [0.1, 0.15) is 43.6 Å². The summed E-state index contributed by atoms with van der Waals surface area (Å²) in [5.74, 6) is 0. The van der Waals surface area contributed by atoms with E-state index in [0.29, 0.717) is 23.3 Å². The predicted molar refractivity (Wildman–Crippen MR) is 126 cm³/mol. The Bertz CT molecular complexity index is 1270. The zero-order chi connectivity index (χ0) is 22.7. The summed E-state index contributed by atoms with van der Waals surface area (Å²) in [6, 6.07) is 20.9. The maximum Gasteiger partial charge on any atom is 0.167 e. The van der Waals surface area contributed by atoms with Gasteiger partial charge in [0.1, 0.15) is 16.5 Å². The first-order valence-corrected chi connectivity index (χ1v) is 11.5. The third-order valence-corrected chi connectivity index (χ3v) is 6.79. The van der Waals surface area contributed by atoms with E-state index in [9.17, 15) is 9.81 Å². The molecule has 0 aliphatic rings. The molecule has 32 heavy (non-hydrogen) atoms. The van der Waals surface area contributed by atoms with Gasteiger partial charge >= 0.3 is 0 Å². The van der Waals surface area contributed by atoms with Crippen molar-refractivity contribution in [2.45, 2.75) is 38.0 Å². The Morgan fingerprint density at radius 3 is 2.62 bits per heavy atom. The van der Waals surface area contributed by atoms with E-state index in [1.807, 2.05) is 69.3 Å². The highest BCUT2D eigenvalue weighted by molar-refractivity contribution is 7.90. The zero-order valence-corrected chi connectivity index (χ0v) is 19.0. The number of hydrogen-bond acceptors (Lipinski definition) is 6. The Morgan fingerprint density at radius 2 is 1.84 bits per heavy atom. The van der Waals surface area contributed by atoms with Crippen molar-refractivity contribution >= 4 is 22.3 Å². The largest absolute Gasteiger partial charge is 0.598 e. The van der Waals surface area contributed by atoms with Gasteiger partial charge in [0.15, 0.2) is 5.58 Å². The summed E-state index contributed by atoms with van der Waals surface area (Å²) >= 11 is -1.34. The second-order valence-electron chi connectivity index (χ2n) is 8.48. The maximum absolute atomic E-state index is 13.1. The molecular weight excluding hydrogens is 420 g/mol. The van der Waals surface area contributed by atoms with Crippen LogP contribution >= 0.6 is 0 Å². The molecule has 2 atom stereocenters. The Balaban J connectivity index is 1.82. The van der Waals surface area contributed by atoms with E-state index in [4.69, 9.17) is 4.52 Å². The molecule has 0 saturated carbocycles. The summed E-state index contributed by atoms with van der Waals surface area (Å²) in [6.45, 7) is 5.77. The fourth-order valence-electron chi connectivity index (χ4n) is 3.51. The number of benzene rings is 2. The molecule has 1 N–H and O–H groups in total. The molecular formula is C25H24N4O2S. The quantitative estimate of drug-likeness (QED) is 0.416. The van der Waals surface area contributed by atoms with Gasteiger partial charge in [-0.3, -0.25) is 4.98 Å². The highest BCUT2D eigenvalue weighted by atomic mass is 32.2. The minimum absolute atomic E-state index is 0.358. The van der Waals surface area contributed by atoms with Crippen molar-refractivity contribution in [3.63, 3.8) is 0 Å². The normalized spacial score (nSPS) is 13.6. The number of fused-ring (bicyclic) bond motifs is 1. The molecule has 2 heterocycles. The van der Waals surface area contributed by atoms with Gasteiger partial charge in [0.05, 0.1) is 17.3 Å². The molecule has 0 bridgehead atoms. The van der Waals surface area contributed by atoms with E-state index in [0.717, 1.165) is 22.2 Å². The molecule has 0 aliphatic carbocycles. The highest BCUT2D eigenvalue weighted by Gasteiger charge is 2.32. The first-order valence-electron chi connectivity index (χ1n) is 10.3. The molecule has 4 rings (SSSR count). The van der Waals surface area contributed by atoms with Crippen LogP contribution in [-0.4, -0.2) is 19.4 Å². The first kappa shape index (κ1) is 22.0. The molecule has 0 radical (unpaired) electrons. The third kappa shape index (κ3) is 4.53. The van der Waals surface area contributed by atoms with E-state index in [1.165, 1.54) is 0 Å². The number of para-hydroxylation sites is 1. The second-order valence-corrected chi connectivity index (χ2v) is 10.5. The van der Waals surface area contributed by atoms with Gasteiger partial charge in [0, 0.05) is 34.9 Å². The number of nitrogens with zero attached hydrogens (tertiary/aromatic N) is 3. The van der Waals surface area contributed by atoms with Crippen LogP contribution in [0.5, 0.6) is 0 Å². The highest BCUT2D eigenvalue weighted by Crippen LogP contribution is 2.35. The first-order chi connectivity index (χ1) is 15.4. The Labute approximate surface area is 190 Å². The Hall–Kier alpha value is -3.18. The molecule has 2 unspecified atom stereocenters. The van der Waals surface area contributed by atoms with E-state index in [2.05, 4.69) is 20.9 Å². The fraction of sp³-hybridized carbons (Fsp3) is 0.240. The van der Waals surface area contributed by atoms with Gasteiger partial charge in [-0.2, -0.15) is 5.26 Å². The van der Waals surface area contributed by atoms with E-state index < -0.39 is 16.1 Å². The minimum Gasteiger partial charge on any atom is -0.598 e. The van der Waals surface area contributed by atoms with Gasteiger partial charge in [0.25, 0.3) is 0 Å². The molecule has 0 amide bonds. The van der Waals surface area contributed by atoms with Crippen LogP contribution in [0.25, 0.3) is 22.2 Å².